The number of hydrogen-bond donors (Lipinski definition) is 0. The molecule has 2 aromatic heterocycles. The molecule has 0 radical (unpaired) electrons. The van der Waals surface area contributed by atoms with Crippen LogP contribution in [0.1, 0.15) is 31.9 Å². The number of nitrogens with zero attached hydrogens (tertiary/aromatic N) is 4. The fraction of sp³-hybridized carbons (Fsp3) is 0.273. The zero-order chi connectivity index (χ0) is 20.5. The minimum Gasteiger partial charge on any atom is -0.308 e. The van der Waals surface area contributed by atoms with Crippen LogP contribution in [0.15, 0.2) is 59.7 Å². The number of benzene rings is 1. The monoisotopic (exact) mass is 392 g/mol. The molecule has 4 rings (SSSR count). The Morgan fingerprint density at radius 2 is 1.93 bits per heavy atom. The van der Waals surface area contributed by atoms with E-state index in [4.69, 9.17) is 0 Å². The Labute approximate surface area is 167 Å². The minimum atomic E-state index is -0.803. The molecule has 29 heavy (non-hydrogen) atoms. The Balaban J connectivity index is 1.71. The largest absolute Gasteiger partial charge is 0.308 e. The summed E-state index contributed by atoms with van der Waals surface area (Å²) in [5.74, 6) is -0.562. The van der Waals surface area contributed by atoms with Gasteiger partial charge in [0.2, 0.25) is 0 Å². The standard InChI is InChI=1S/C22H21FN4O2/c1-14-3-4-17-13-18(23)5-7-20(17)26(14)22(29)15(2)27-21(28)8-6-19(25-27)16-9-11-24-12-10-16/h5-15H,3-4H2,1-2H3. The summed E-state index contributed by atoms with van der Waals surface area (Å²) in [5.41, 5.74) is 2.53. The highest BCUT2D eigenvalue weighted by Gasteiger charge is 2.32. The van der Waals surface area contributed by atoms with E-state index in [1.807, 2.05) is 6.92 Å². The van der Waals surface area contributed by atoms with Crippen LogP contribution in [0.2, 0.25) is 0 Å². The smallest absolute Gasteiger partial charge is 0.267 e. The van der Waals surface area contributed by atoms with Crippen LogP contribution < -0.4 is 10.5 Å². The van der Waals surface area contributed by atoms with Gasteiger partial charge in [-0.1, -0.05) is 0 Å². The summed E-state index contributed by atoms with van der Waals surface area (Å²) in [6, 6.07) is 10.2. The SMILES string of the molecule is CC1CCc2cc(F)ccc2N1C(=O)C(C)n1nc(-c2ccncc2)ccc1=O. The van der Waals surface area contributed by atoms with Crippen molar-refractivity contribution in [3.8, 4) is 11.3 Å². The van der Waals surface area contributed by atoms with Crippen LogP contribution in [0.4, 0.5) is 10.1 Å². The Kier molecular flexibility index (Phi) is 4.96. The van der Waals surface area contributed by atoms with Crippen LogP contribution in [0.3, 0.4) is 0 Å². The molecule has 0 N–H and O–H groups in total. The lowest BCUT2D eigenvalue weighted by molar-refractivity contribution is -0.122. The molecule has 148 valence electrons. The summed E-state index contributed by atoms with van der Waals surface area (Å²) in [6.45, 7) is 3.62. The van der Waals surface area contributed by atoms with Gasteiger partial charge in [-0.3, -0.25) is 14.6 Å². The van der Waals surface area contributed by atoms with Crippen LogP contribution in [-0.2, 0) is 11.2 Å². The van der Waals surface area contributed by atoms with Crippen LogP contribution in [-0.4, -0.2) is 26.7 Å². The first kappa shape index (κ1) is 19.0. The van der Waals surface area contributed by atoms with E-state index in [2.05, 4.69) is 10.1 Å². The van der Waals surface area contributed by atoms with Gasteiger partial charge in [0.15, 0.2) is 0 Å². The number of carbonyl (C=O) groups excluding carboxylic acids is 1. The van der Waals surface area contributed by atoms with Gasteiger partial charge in [0.1, 0.15) is 11.9 Å². The van der Waals surface area contributed by atoms with E-state index in [0.717, 1.165) is 17.5 Å². The third kappa shape index (κ3) is 3.55. The van der Waals surface area contributed by atoms with Crippen LogP contribution >= 0.6 is 0 Å². The maximum absolute atomic E-state index is 13.6. The topological polar surface area (TPSA) is 68.1 Å². The highest BCUT2D eigenvalue weighted by molar-refractivity contribution is 5.97. The molecule has 7 heteroatoms. The Morgan fingerprint density at radius 3 is 2.69 bits per heavy atom. The summed E-state index contributed by atoms with van der Waals surface area (Å²) < 4.78 is 14.8. The van der Waals surface area contributed by atoms with E-state index in [1.165, 1.54) is 22.9 Å². The molecule has 0 aliphatic carbocycles. The normalized spacial score (nSPS) is 16.9. The summed E-state index contributed by atoms with van der Waals surface area (Å²) in [6.07, 6.45) is 4.73. The maximum Gasteiger partial charge on any atom is 0.267 e. The number of carbonyl (C=O) groups is 1. The van der Waals surface area contributed by atoms with Crippen molar-refractivity contribution in [1.82, 2.24) is 14.8 Å². The van der Waals surface area contributed by atoms with Crippen LogP contribution in [0.5, 0.6) is 0 Å². The number of aromatic nitrogens is 3. The predicted molar refractivity (Wildman–Crippen MR) is 108 cm³/mol. The summed E-state index contributed by atoms with van der Waals surface area (Å²) in [5, 5.41) is 4.42. The predicted octanol–water partition coefficient (Wildman–Crippen LogP) is 3.37. The van der Waals surface area contributed by atoms with Gasteiger partial charge >= 0.3 is 0 Å². The third-order valence-electron chi connectivity index (χ3n) is 5.34. The van der Waals surface area contributed by atoms with E-state index in [0.29, 0.717) is 17.8 Å². The Bertz CT molecular complexity index is 1110. The second-order valence-electron chi connectivity index (χ2n) is 7.28. The maximum atomic E-state index is 13.6. The van der Waals surface area contributed by atoms with E-state index in [-0.39, 0.29) is 23.3 Å². The van der Waals surface area contributed by atoms with Crippen molar-refractivity contribution in [2.75, 3.05) is 4.90 Å². The van der Waals surface area contributed by atoms with Crippen molar-refractivity contribution >= 4 is 11.6 Å². The van der Waals surface area contributed by atoms with Crippen molar-refractivity contribution in [2.45, 2.75) is 38.8 Å². The van der Waals surface area contributed by atoms with Gasteiger partial charge in [-0.2, -0.15) is 5.10 Å². The average Bonchev–Trinajstić information content (AvgIpc) is 2.74. The zero-order valence-electron chi connectivity index (χ0n) is 16.2. The number of pyridine rings is 1. The number of aryl methyl sites for hydroxylation is 1. The molecule has 0 saturated heterocycles. The molecule has 0 bridgehead atoms. The molecule has 1 aliphatic heterocycles. The van der Waals surface area contributed by atoms with E-state index in [1.54, 1.807) is 48.5 Å². The molecule has 2 unspecified atom stereocenters. The van der Waals surface area contributed by atoms with Crippen molar-refractivity contribution in [1.29, 1.82) is 0 Å². The van der Waals surface area contributed by atoms with Crippen molar-refractivity contribution in [3.63, 3.8) is 0 Å². The van der Waals surface area contributed by atoms with Crippen molar-refractivity contribution in [2.24, 2.45) is 0 Å². The van der Waals surface area contributed by atoms with Crippen molar-refractivity contribution in [3.05, 3.63) is 76.6 Å². The molecular weight excluding hydrogens is 371 g/mol. The Hall–Kier alpha value is -3.35. The van der Waals surface area contributed by atoms with Gasteiger partial charge in [0, 0.05) is 35.8 Å². The first-order valence-corrected chi connectivity index (χ1v) is 9.57. The van der Waals surface area contributed by atoms with Gasteiger partial charge in [0.25, 0.3) is 11.5 Å². The van der Waals surface area contributed by atoms with E-state index < -0.39 is 6.04 Å². The Morgan fingerprint density at radius 1 is 1.17 bits per heavy atom. The first-order chi connectivity index (χ1) is 14.0. The number of halogens is 1. The summed E-state index contributed by atoms with van der Waals surface area (Å²) >= 11 is 0. The number of fused-ring (bicyclic) bond motifs is 1. The summed E-state index contributed by atoms with van der Waals surface area (Å²) in [7, 11) is 0. The van der Waals surface area contributed by atoms with Crippen LogP contribution in [0.25, 0.3) is 11.3 Å². The fourth-order valence-corrected chi connectivity index (χ4v) is 3.74. The van der Waals surface area contributed by atoms with Gasteiger partial charge in [0.05, 0.1) is 5.69 Å². The second-order valence-corrected chi connectivity index (χ2v) is 7.28. The molecule has 3 heterocycles. The lowest BCUT2D eigenvalue weighted by atomic mass is 9.95. The lowest BCUT2D eigenvalue weighted by Crippen LogP contribution is -2.47. The second kappa shape index (κ2) is 7.58. The molecule has 1 aliphatic rings. The molecule has 1 amide bonds. The first-order valence-electron chi connectivity index (χ1n) is 9.57. The molecule has 6 nitrogen and oxygen atoms in total. The number of rotatable bonds is 3. The lowest BCUT2D eigenvalue weighted by Gasteiger charge is -2.37. The van der Waals surface area contributed by atoms with Gasteiger partial charge in [-0.05, 0) is 68.7 Å². The average molecular weight is 392 g/mol. The van der Waals surface area contributed by atoms with E-state index in [9.17, 15) is 14.0 Å². The van der Waals surface area contributed by atoms with Crippen molar-refractivity contribution < 1.29 is 9.18 Å². The third-order valence-corrected chi connectivity index (χ3v) is 5.34. The number of hydrogen-bond acceptors (Lipinski definition) is 4. The number of amides is 1. The molecule has 2 atom stereocenters. The molecule has 0 fully saturated rings. The molecule has 0 saturated carbocycles. The summed E-state index contributed by atoms with van der Waals surface area (Å²) in [4.78, 5) is 31.5. The highest BCUT2D eigenvalue weighted by Crippen LogP contribution is 2.32. The molecule has 1 aromatic carbocycles. The van der Waals surface area contributed by atoms with Gasteiger partial charge in [-0.15, -0.1) is 0 Å². The fourth-order valence-electron chi connectivity index (χ4n) is 3.74. The molecule has 3 aromatic rings. The molecule has 0 spiro atoms. The van der Waals surface area contributed by atoms with Gasteiger partial charge in [-0.25, -0.2) is 9.07 Å². The van der Waals surface area contributed by atoms with Gasteiger partial charge < -0.3 is 4.90 Å². The number of anilines is 1. The molecular formula is C22H21FN4O2. The quantitative estimate of drug-likeness (QED) is 0.685. The van der Waals surface area contributed by atoms with Crippen LogP contribution in [0, 0.1) is 5.82 Å². The minimum absolute atomic E-state index is 0.0537. The highest BCUT2D eigenvalue weighted by atomic mass is 19.1. The van der Waals surface area contributed by atoms with E-state index >= 15 is 0 Å². The zero-order valence-corrected chi connectivity index (χ0v) is 16.2.